The maximum absolute atomic E-state index is 15.3. The van der Waals surface area contributed by atoms with E-state index in [1.54, 1.807) is 32.6 Å². The Labute approximate surface area is 234 Å². The summed E-state index contributed by atoms with van der Waals surface area (Å²) in [4.78, 5) is 36.8. The fraction of sp³-hybridized carbons (Fsp3) is 0.556. The van der Waals surface area contributed by atoms with Crippen LogP contribution in [0.2, 0.25) is 0 Å². The second-order valence-electron chi connectivity index (χ2n) is 11.2. The maximum Gasteiger partial charge on any atom is 0.416 e. The standard InChI is InChI=1S/C27H36F4N5O3P/c1-8-32-23-22(18(26(7,28)40)13-21(37)34-23)16(3)19-11-17(27(29,30)31)12-20(33-19)35-9-10-36(15(2)14-35)24(38)39-25(4,5)6/h8,11-12,15,18H,1,9-10,13-14,40H2,2-7H3,(H,32,34,37)/b22-16+. The first-order chi connectivity index (χ1) is 18.3. The molecule has 3 rings (SSSR count). The number of hydrogen-bond acceptors (Lipinski definition) is 6. The number of amides is 2. The normalized spacial score (nSPS) is 24.4. The summed E-state index contributed by atoms with van der Waals surface area (Å²) in [7, 11) is 2.05. The SMILES string of the molecule is C=CN=C1NC(=O)CC(C(C)(F)P)/C1=C(/C)c1cc(C(F)(F)F)cc(N2CCN(C(=O)OC(C)(C)C)C(C)C2)n1. The number of hydrogen-bond donors (Lipinski definition) is 1. The Bertz CT molecular complexity index is 1230. The number of halogens is 4. The van der Waals surface area contributed by atoms with Gasteiger partial charge >= 0.3 is 12.3 Å². The number of nitrogens with one attached hydrogen (secondary N) is 1. The first kappa shape index (κ1) is 31.5. The molecule has 1 aromatic rings. The molecule has 0 bridgehead atoms. The van der Waals surface area contributed by atoms with Crippen LogP contribution < -0.4 is 10.2 Å². The molecule has 13 heteroatoms. The fourth-order valence-corrected chi connectivity index (χ4v) is 5.03. The summed E-state index contributed by atoms with van der Waals surface area (Å²) in [6.45, 7) is 14.1. The van der Waals surface area contributed by atoms with Gasteiger partial charge in [0.2, 0.25) is 5.91 Å². The van der Waals surface area contributed by atoms with Crippen LogP contribution in [-0.4, -0.2) is 64.4 Å². The zero-order chi connectivity index (χ0) is 30.2. The van der Waals surface area contributed by atoms with E-state index in [1.807, 2.05) is 0 Å². The van der Waals surface area contributed by atoms with Gasteiger partial charge in [-0.3, -0.25) is 4.79 Å². The zero-order valence-corrected chi connectivity index (χ0v) is 24.7. The van der Waals surface area contributed by atoms with E-state index in [2.05, 4.69) is 31.1 Å². The van der Waals surface area contributed by atoms with Crippen LogP contribution in [0.3, 0.4) is 0 Å². The molecular formula is C27H36F4N5O3P. The molecule has 0 spiro atoms. The number of pyridine rings is 1. The molecule has 0 aliphatic carbocycles. The molecule has 2 aliphatic rings. The lowest BCUT2D eigenvalue weighted by molar-refractivity contribution is -0.137. The fourth-order valence-electron chi connectivity index (χ4n) is 4.75. The Balaban J connectivity index is 2.09. The van der Waals surface area contributed by atoms with E-state index in [-0.39, 0.29) is 60.6 Å². The summed E-state index contributed by atoms with van der Waals surface area (Å²) in [6.07, 6.45) is -4.24. The largest absolute Gasteiger partial charge is 0.444 e. The summed E-state index contributed by atoms with van der Waals surface area (Å²) < 4.78 is 62.9. The Hall–Kier alpha value is -3.01. The van der Waals surface area contributed by atoms with Gasteiger partial charge in [0, 0.05) is 49.8 Å². The molecule has 0 saturated carbocycles. The highest BCUT2D eigenvalue weighted by molar-refractivity contribution is 7.18. The molecule has 2 amide bonds. The molecule has 40 heavy (non-hydrogen) atoms. The van der Waals surface area contributed by atoms with Crippen LogP contribution in [0.15, 0.2) is 35.5 Å². The topological polar surface area (TPSA) is 87.1 Å². The van der Waals surface area contributed by atoms with Gasteiger partial charge in [-0.05, 0) is 59.2 Å². The van der Waals surface area contributed by atoms with Crippen molar-refractivity contribution in [2.45, 2.75) is 71.2 Å². The molecule has 0 aromatic carbocycles. The van der Waals surface area contributed by atoms with E-state index in [1.165, 1.54) is 24.9 Å². The monoisotopic (exact) mass is 585 g/mol. The van der Waals surface area contributed by atoms with E-state index in [0.29, 0.717) is 0 Å². The van der Waals surface area contributed by atoms with E-state index in [0.717, 1.165) is 12.1 Å². The van der Waals surface area contributed by atoms with Gasteiger partial charge in [0.1, 0.15) is 22.7 Å². The van der Waals surface area contributed by atoms with Gasteiger partial charge in [0.05, 0.1) is 11.3 Å². The number of piperazine rings is 1. The molecule has 4 unspecified atom stereocenters. The van der Waals surface area contributed by atoms with Crippen molar-refractivity contribution in [1.82, 2.24) is 15.2 Å². The minimum absolute atomic E-state index is 0.0143. The molecule has 2 fully saturated rings. The third kappa shape index (κ3) is 7.38. The highest BCUT2D eigenvalue weighted by atomic mass is 31.0. The van der Waals surface area contributed by atoms with E-state index >= 15 is 4.39 Å². The second-order valence-corrected chi connectivity index (χ2v) is 12.3. The zero-order valence-electron chi connectivity index (χ0n) is 23.5. The van der Waals surface area contributed by atoms with Crippen LogP contribution in [0.1, 0.15) is 59.2 Å². The minimum atomic E-state index is -4.69. The number of rotatable bonds is 4. The molecule has 1 N–H and O–H groups in total. The van der Waals surface area contributed by atoms with Crippen molar-refractivity contribution in [2.24, 2.45) is 10.9 Å². The Morgan fingerprint density at radius 2 is 1.88 bits per heavy atom. The maximum atomic E-state index is 15.3. The third-order valence-corrected chi connectivity index (χ3v) is 7.06. The van der Waals surface area contributed by atoms with Crippen LogP contribution in [0.25, 0.3) is 5.57 Å². The number of carbonyl (C=O) groups is 2. The predicted octanol–water partition coefficient (Wildman–Crippen LogP) is 5.56. The first-order valence-corrected chi connectivity index (χ1v) is 13.4. The summed E-state index contributed by atoms with van der Waals surface area (Å²) >= 11 is 0. The number of anilines is 1. The van der Waals surface area contributed by atoms with Crippen LogP contribution >= 0.6 is 9.24 Å². The average Bonchev–Trinajstić information content (AvgIpc) is 2.81. The summed E-state index contributed by atoms with van der Waals surface area (Å²) in [5.41, 5.74) is -1.17. The number of alkyl halides is 4. The molecule has 2 saturated heterocycles. The lowest BCUT2D eigenvalue weighted by atomic mass is 9.83. The van der Waals surface area contributed by atoms with Crippen molar-refractivity contribution in [1.29, 1.82) is 0 Å². The molecule has 4 atom stereocenters. The Kier molecular flexibility index (Phi) is 9.03. The van der Waals surface area contributed by atoms with Gasteiger partial charge in [-0.15, -0.1) is 0 Å². The molecule has 1 aromatic heterocycles. The second kappa shape index (κ2) is 11.5. The van der Waals surface area contributed by atoms with Crippen molar-refractivity contribution in [3.63, 3.8) is 0 Å². The minimum Gasteiger partial charge on any atom is -0.444 e. The van der Waals surface area contributed by atoms with Crippen LogP contribution in [0.5, 0.6) is 0 Å². The lowest BCUT2D eigenvalue weighted by Gasteiger charge is -2.41. The highest BCUT2D eigenvalue weighted by Crippen LogP contribution is 2.42. The van der Waals surface area contributed by atoms with Crippen LogP contribution in [0.4, 0.5) is 28.2 Å². The van der Waals surface area contributed by atoms with Gasteiger partial charge in [0.25, 0.3) is 0 Å². The third-order valence-electron chi connectivity index (χ3n) is 6.66. The number of aliphatic imine (C=N–C) groups is 1. The van der Waals surface area contributed by atoms with E-state index in [4.69, 9.17) is 4.74 Å². The summed E-state index contributed by atoms with van der Waals surface area (Å²) in [5.74, 6) is -1.40. The number of ether oxygens (including phenoxy) is 1. The summed E-state index contributed by atoms with van der Waals surface area (Å²) in [6, 6.07) is 1.51. The quantitative estimate of drug-likeness (QED) is 0.370. The van der Waals surface area contributed by atoms with Crippen molar-refractivity contribution >= 4 is 38.5 Å². The molecule has 0 radical (unpaired) electrons. The van der Waals surface area contributed by atoms with Gasteiger partial charge in [-0.25, -0.2) is 19.2 Å². The molecule has 220 valence electrons. The van der Waals surface area contributed by atoms with Gasteiger partial charge < -0.3 is 19.9 Å². The molecule has 8 nitrogen and oxygen atoms in total. The van der Waals surface area contributed by atoms with Crippen LogP contribution in [0, 0.1) is 5.92 Å². The van der Waals surface area contributed by atoms with Crippen molar-refractivity contribution in [2.75, 3.05) is 24.5 Å². The first-order valence-electron chi connectivity index (χ1n) is 12.8. The molecule has 3 heterocycles. The van der Waals surface area contributed by atoms with Gasteiger partial charge in [0.15, 0.2) is 0 Å². The molecular weight excluding hydrogens is 549 g/mol. The van der Waals surface area contributed by atoms with E-state index < -0.39 is 40.7 Å². The number of nitrogens with zero attached hydrogens (tertiary/aromatic N) is 4. The van der Waals surface area contributed by atoms with Gasteiger partial charge in [-0.2, -0.15) is 13.2 Å². The number of aromatic nitrogens is 1. The Morgan fingerprint density at radius 3 is 2.40 bits per heavy atom. The number of carbonyl (C=O) groups excluding carboxylic acids is 2. The Morgan fingerprint density at radius 1 is 1.23 bits per heavy atom. The average molecular weight is 586 g/mol. The lowest BCUT2D eigenvalue weighted by Crippen LogP contribution is -2.55. The summed E-state index contributed by atoms with van der Waals surface area (Å²) in [5, 5.41) is 0.612. The number of allylic oxidation sites excluding steroid dienone is 1. The number of amidine groups is 1. The van der Waals surface area contributed by atoms with Crippen molar-refractivity contribution in [3.8, 4) is 0 Å². The van der Waals surface area contributed by atoms with Gasteiger partial charge in [-0.1, -0.05) is 15.8 Å². The highest BCUT2D eigenvalue weighted by Gasteiger charge is 2.42. The molecule has 2 aliphatic heterocycles. The van der Waals surface area contributed by atoms with Crippen molar-refractivity contribution in [3.05, 3.63) is 41.7 Å². The predicted molar refractivity (Wildman–Crippen MR) is 150 cm³/mol. The number of piperidine rings is 1. The van der Waals surface area contributed by atoms with Crippen LogP contribution in [-0.2, 0) is 15.7 Å². The smallest absolute Gasteiger partial charge is 0.416 e. The van der Waals surface area contributed by atoms with Crippen molar-refractivity contribution < 1.29 is 31.9 Å². The van der Waals surface area contributed by atoms with E-state index in [9.17, 15) is 22.8 Å².